The average Bonchev–Trinajstić information content (AvgIpc) is 2.30. The molecular formula is C13H22ClNO2. The third-order valence-corrected chi connectivity index (χ3v) is 2.90. The van der Waals surface area contributed by atoms with Gasteiger partial charge in [-0.25, -0.2) is 9.79 Å². The molecule has 17 heavy (non-hydrogen) atoms. The molecule has 0 aromatic rings. The van der Waals surface area contributed by atoms with E-state index in [0.29, 0.717) is 13.0 Å². The minimum Gasteiger partial charge on any atom is -0.281 e. The van der Waals surface area contributed by atoms with E-state index in [1.54, 1.807) is 6.08 Å². The van der Waals surface area contributed by atoms with Gasteiger partial charge in [-0.2, -0.15) is 0 Å². The van der Waals surface area contributed by atoms with Crippen molar-refractivity contribution in [3.8, 4) is 0 Å². The molecule has 0 aromatic heterocycles. The lowest BCUT2D eigenvalue weighted by molar-refractivity contribution is -0.111. The van der Waals surface area contributed by atoms with Crippen LogP contribution >= 0.6 is 11.6 Å². The summed E-state index contributed by atoms with van der Waals surface area (Å²) in [7, 11) is 0. The molecule has 0 aromatic carbocycles. The van der Waals surface area contributed by atoms with Gasteiger partial charge in [-0.1, -0.05) is 44.9 Å². The summed E-state index contributed by atoms with van der Waals surface area (Å²) >= 11 is 5.24. The molecular weight excluding hydrogens is 238 g/mol. The quantitative estimate of drug-likeness (QED) is 0.230. The van der Waals surface area contributed by atoms with Gasteiger partial charge >= 0.3 is 0 Å². The summed E-state index contributed by atoms with van der Waals surface area (Å²) in [5.41, 5.74) is 0. The van der Waals surface area contributed by atoms with Gasteiger partial charge in [-0.05, 0) is 24.4 Å². The second-order valence-corrected chi connectivity index (χ2v) is 4.68. The van der Waals surface area contributed by atoms with Crippen LogP contribution in [-0.4, -0.2) is 17.9 Å². The third-order valence-electron chi connectivity index (χ3n) is 2.71. The Labute approximate surface area is 109 Å². The molecule has 0 saturated carbocycles. The minimum atomic E-state index is -0.219. The fourth-order valence-corrected chi connectivity index (χ4v) is 1.87. The average molecular weight is 260 g/mol. The minimum absolute atomic E-state index is 0.219. The first-order valence-corrected chi connectivity index (χ1v) is 6.87. The van der Waals surface area contributed by atoms with Crippen molar-refractivity contribution in [1.82, 2.24) is 0 Å². The third kappa shape index (κ3) is 15.3. The van der Waals surface area contributed by atoms with E-state index in [-0.39, 0.29) is 5.24 Å². The Balaban J connectivity index is 2.98. The zero-order valence-corrected chi connectivity index (χ0v) is 11.2. The van der Waals surface area contributed by atoms with Gasteiger partial charge in [0.05, 0.1) is 6.54 Å². The largest absolute Gasteiger partial charge is 0.281 e. The highest BCUT2D eigenvalue weighted by Crippen LogP contribution is 2.11. The molecule has 0 spiro atoms. The maximum atomic E-state index is 10.5. The first kappa shape index (κ1) is 16.3. The van der Waals surface area contributed by atoms with Crippen LogP contribution in [0.3, 0.4) is 0 Å². The molecule has 3 nitrogen and oxygen atoms in total. The van der Waals surface area contributed by atoms with Crippen LogP contribution in [0.25, 0.3) is 0 Å². The number of isocyanates is 1. The van der Waals surface area contributed by atoms with Crippen molar-refractivity contribution >= 4 is 22.9 Å². The van der Waals surface area contributed by atoms with Crippen molar-refractivity contribution in [3.05, 3.63) is 0 Å². The fourth-order valence-electron chi connectivity index (χ4n) is 1.74. The molecule has 0 atom stereocenters. The molecule has 0 fully saturated rings. The highest BCUT2D eigenvalue weighted by molar-refractivity contribution is 6.63. The van der Waals surface area contributed by atoms with Crippen LogP contribution in [-0.2, 0) is 9.59 Å². The fraction of sp³-hybridized carbons (Fsp3) is 0.846. The number of hydrogen-bond donors (Lipinski definition) is 0. The standard InChI is InChI=1S/C13H22ClNO2/c14-13(17)10-8-6-4-2-1-3-5-7-9-11-15-12-16/h1-11H2. The van der Waals surface area contributed by atoms with E-state index in [2.05, 4.69) is 4.99 Å². The molecule has 0 unspecified atom stereocenters. The van der Waals surface area contributed by atoms with E-state index in [1.807, 2.05) is 0 Å². The number of hydrogen-bond acceptors (Lipinski definition) is 3. The van der Waals surface area contributed by atoms with Crippen LogP contribution in [0, 0.1) is 0 Å². The molecule has 0 bridgehead atoms. The highest BCUT2D eigenvalue weighted by atomic mass is 35.5. The second kappa shape index (κ2) is 13.4. The van der Waals surface area contributed by atoms with E-state index in [0.717, 1.165) is 25.7 Å². The number of unbranched alkanes of at least 4 members (excludes halogenated alkanes) is 8. The van der Waals surface area contributed by atoms with Gasteiger partial charge in [-0.15, -0.1) is 0 Å². The van der Waals surface area contributed by atoms with Gasteiger partial charge in [0, 0.05) is 6.42 Å². The Kier molecular flexibility index (Phi) is 12.9. The van der Waals surface area contributed by atoms with Crippen LogP contribution in [0.4, 0.5) is 0 Å². The van der Waals surface area contributed by atoms with Crippen LogP contribution in [0.1, 0.15) is 64.2 Å². The molecule has 0 aliphatic carbocycles. The van der Waals surface area contributed by atoms with Crippen molar-refractivity contribution in [2.45, 2.75) is 64.2 Å². The SMILES string of the molecule is O=C=NCCCCCCCCCCCC(=O)Cl. The molecule has 0 N–H and O–H groups in total. The molecule has 0 amide bonds. The maximum Gasteiger partial charge on any atom is 0.234 e. The maximum absolute atomic E-state index is 10.5. The highest BCUT2D eigenvalue weighted by Gasteiger charge is 1.96. The lowest BCUT2D eigenvalue weighted by Gasteiger charge is -2.00. The Morgan fingerprint density at radius 3 is 1.82 bits per heavy atom. The van der Waals surface area contributed by atoms with E-state index in [1.165, 1.54) is 32.1 Å². The predicted molar refractivity (Wildman–Crippen MR) is 70.0 cm³/mol. The first-order chi connectivity index (χ1) is 8.27. The van der Waals surface area contributed by atoms with Gasteiger partial charge in [0.25, 0.3) is 0 Å². The number of rotatable bonds is 12. The van der Waals surface area contributed by atoms with E-state index in [4.69, 9.17) is 11.6 Å². The molecule has 98 valence electrons. The van der Waals surface area contributed by atoms with Crippen LogP contribution in [0.15, 0.2) is 4.99 Å². The summed E-state index contributed by atoms with van der Waals surface area (Å²) in [6.45, 7) is 0.621. The first-order valence-electron chi connectivity index (χ1n) is 6.49. The lowest BCUT2D eigenvalue weighted by Crippen LogP contribution is -1.87. The van der Waals surface area contributed by atoms with Crippen LogP contribution in [0.5, 0.6) is 0 Å². The second-order valence-electron chi connectivity index (χ2n) is 4.26. The van der Waals surface area contributed by atoms with E-state index in [9.17, 15) is 9.59 Å². The van der Waals surface area contributed by atoms with Crippen molar-refractivity contribution in [2.75, 3.05) is 6.54 Å². The zero-order valence-electron chi connectivity index (χ0n) is 10.4. The number of carbonyl (C=O) groups excluding carboxylic acids is 2. The van der Waals surface area contributed by atoms with Crippen molar-refractivity contribution in [1.29, 1.82) is 0 Å². The van der Waals surface area contributed by atoms with Crippen molar-refractivity contribution < 1.29 is 9.59 Å². The summed E-state index contributed by atoms with van der Waals surface area (Å²) in [5, 5.41) is -0.219. The van der Waals surface area contributed by atoms with Crippen molar-refractivity contribution in [2.24, 2.45) is 4.99 Å². The Hall–Kier alpha value is -0.660. The Morgan fingerprint density at radius 1 is 0.882 bits per heavy atom. The van der Waals surface area contributed by atoms with Gasteiger partial charge in [-0.3, -0.25) is 4.79 Å². The normalized spacial score (nSPS) is 9.94. The number of nitrogens with zero attached hydrogens (tertiary/aromatic N) is 1. The number of carbonyl (C=O) groups is 1. The van der Waals surface area contributed by atoms with E-state index >= 15 is 0 Å². The van der Waals surface area contributed by atoms with Crippen LogP contribution < -0.4 is 0 Å². The van der Waals surface area contributed by atoms with Crippen molar-refractivity contribution in [3.63, 3.8) is 0 Å². The van der Waals surface area contributed by atoms with Gasteiger partial charge in [0.1, 0.15) is 0 Å². The molecule has 0 aliphatic heterocycles. The molecule has 0 rings (SSSR count). The predicted octanol–water partition coefficient (Wildman–Crippen LogP) is 3.99. The monoisotopic (exact) mass is 259 g/mol. The topological polar surface area (TPSA) is 46.5 Å². The smallest absolute Gasteiger partial charge is 0.234 e. The summed E-state index contributed by atoms with van der Waals surface area (Å²) in [6, 6.07) is 0. The van der Waals surface area contributed by atoms with Crippen LogP contribution in [0.2, 0.25) is 0 Å². The van der Waals surface area contributed by atoms with Gasteiger partial charge in [0.15, 0.2) is 0 Å². The Morgan fingerprint density at radius 2 is 1.35 bits per heavy atom. The Bertz CT molecular complexity index is 228. The number of aliphatic imine (C=N–C) groups is 1. The molecule has 4 heteroatoms. The molecule has 0 saturated heterocycles. The number of halogens is 1. The summed E-state index contributed by atoms with van der Waals surface area (Å²) < 4.78 is 0. The summed E-state index contributed by atoms with van der Waals surface area (Å²) in [4.78, 5) is 23.8. The molecule has 0 radical (unpaired) electrons. The summed E-state index contributed by atoms with van der Waals surface area (Å²) in [6.07, 6.45) is 12.4. The van der Waals surface area contributed by atoms with E-state index < -0.39 is 0 Å². The zero-order chi connectivity index (χ0) is 12.8. The summed E-state index contributed by atoms with van der Waals surface area (Å²) in [5.74, 6) is 0. The van der Waals surface area contributed by atoms with Gasteiger partial charge in [0.2, 0.25) is 11.3 Å². The molecule has 0 aliphatic rings. The lowest BCUT2D eigenvalue weighted by atomic mass is 10.1. The molecule has 0 heterocycles. The van der Waals surface area contributed by atoms with Gasteiger partial charge < -0.3 is 0 Å².